The van der Waals surface area contributed by atoms with E-state index in [0.717, 1.165) is 22.4 Å². The number of rotatable bonds is 2. The molecular weight excluding hydrogens is 300 g/mol. The van der Waals surface area contributed by atoms with Gasteiger partial charge in [-0.1, -0.05) is 56.3 Å². The predicted octanol–water partition coefficient (Wildman–Crippen LogP) is 5.85. The van der Waals surface area contributed by atoms with E-state index in [0.29, 0.717) is 5.92 Å². The zero-order valence-corrected chi connectivity index (χ0v) is 14.1. The maximum absolute atomic E-state index is 12.7. The molecule has 0 radical (unpaired) electrons. The molecule has 2 aromatic carbocycles. The fraction of sp³-hybridized carbons (Fsp3) is 0.190. The van der Waals surface area contributed by atoms with Crippen LogP contribution in [0.15, 0.2) is 54.1 Å². The van der Waals surface area contributed by atoms with E-state index < -0.39 is 0 Å². The zero-order valence-electron chi connectivity index (χ0n) is 13.3. The van der Waals surface area contributed by atoms with Crippen LogP contribution in [-0.2, 0) is 6.42 Å². The van der Waals surface area contributed by atoms with Crippen LogP contribution in [0.1, 0.15) is 46.1 Å². The van der Waals surface area contributed by atoms with E-state index >= 15 is 0 Å². The van der Waals surface area contributed by atoms with Crippen LogP contribution >= 0.6 is 11.3 Å². The molecule has 0 amide bonds. The van der Waals surface area contributed by atoms with Gasteiger partial charge in [0.1, 0.15) is 0 Å². The first-order valence-corrected chi connectivity index (χ1v) is 8.81. The Bertz CT molecular complexity index is 926. The number of hydrogen-bond acceptors (Lipinski definition) is 2. The fourth-order valence-corrected chi connectivity index (χ4v) is 4.37. The van der Waals surface area contributed by atoms with E-state index in [2.05, 4.69) is 50.2 Å². The minimum Gasteiger partial charge on any atom is -0.288 e. The molecule has 1 aliphatic rings. The Balaban J connectivity index is 1.69. The third-order valence-corrected chi connectivity index (χ3v) is 5.72. The van der Waals surface area contributed by atoms with E-state index in [-0.39, 0.29) is 5.78 Å². The summed E-state index contributed by atoms with van der Waals surface area (Å²) in [5.74, 6) is 0.734. The first-order chi connectivity index (χ1) is 11.1. The van der Waals surface area contributed by atoms with Gasteiger partial charge in [-0.05, 0) is 40.1 Å². The molecule has 1 nitrogen and oxygen atoms in total. The van der Waals surface area contributed by atoms with E-state index in [4.69, 9.17) is 0 Å². The monoisotopic (exact) mass is 318 g/mol. The molecule has 114 valence electrons. The molecule has 0 atom stereocenters. The van der Waals surface area contributed by atoms with Gasteiger partial charge in [-0.2, -0.15) is 0 Å². The normalized spacial score (nSPS) is 15.8. The number of ketones is 1. The van der Waals surface area contributed by atoms with Gasteiger partial charge in [0.15, 0.2) is 5.78 Å². The molecule has 2 heteroatoms. The summed E-state index contributed by atoms with van der Waals surface area (Å²) in [4.78, 5) is 13.6. The van der Waals surface area contributed by atoms with Crippen molar-refractivity contribution >= 4 is 33.3 Å². The quantitative estimate of drug-likeness (QED) is 0.542. The molecule has 3 aromatic rings. The summed E-state index contributed by atoms with van der Waals surface area (Å²) in [6, 6.07) is 16.8. The minimum absolute atomic E-state index is 0.203. The Labute approximate surface area is 140 Å². The largest absolute Gasteiger partial charge is 0.288 e. The average Bonchev–Trinajstić information content (AvgIpc) is 3.06. The summed E-state index contributed by atoms with van der Waals surface area (Å²) in [6.07, 6.45) is 2.80. The molecule has 0 N–H and O–H groups in total. The smallest absolute Gasteiger partial charge is 0.199 e. The van der Waals surface area contributed by atoms with Gasteiger partial charge >= 0.3 is 0 Å². The Morgan fingerprint density at radius 3 is 2.52 bits per heavy atom. The van der Waals surface area contributed by atoms with E-state index in [1.807, 2.05) is 18.2 Å². The first-order valence-electron chi connectivity index (χ1n) is 7.99. The molecule has 0 unspecified atom stereocenters. The van der Waals surface area contributed by atoms with Crippen molar-refractivity contribution in [1.82, 2.24) is 0 Å². The fourth-order valence-electron chi connectivity index (χ4n) is 3.17. The summed E-state index contributed by atoms with van der Waals surface area (Å²) >= 11 is 1.62. The van der Waals surface area contributed by atoms with Crippen LogP contribution in [0.4, 0.5) is 0 Å². The van der Waals surface area contributed by atoms with Gasteiger partial charge in [-0.25, -0.2) is 0 Å². The molecule has 0 saturated carbocycles. The Kier molecular flexibility index (Phi) is 3.42. The molecular formula is C21H18OS. The lowest BCUT2D eigenvalue weighted by atomic mass is 10.0. The highest BCUT2D eigenvalue weighted by Gasteiger charge is 2.28. The molecule has 1 aromatic heterocycles. The van der Waals surface area contributed by atoms with E-state index in [9.17, 15) is 4.79 Å². The van der Waals surface area contributed by atoms with Gasteiger partial charge in [0.05, 0.1) is 4.88 Å². The highest BCUT2D eigenvalue weighted by molar-refractivity contribution is 7.21. The second-order valence-corrected chi connectivity index (χ2v) is 7.45. The van der Waals surface area contributed by atoms with Gasteiger partial charge in [0, 0.05) is 16.7 Å². The number of Topliss-reactive ketones (excluding diaryl/α,β-unsaturated/α-hetero) is 1. The van der Waals surface area contributed by atoms with E-state index in [1.54, 1.807) is 11.3 Å². The van der Waals surface area contributed by atoms with Crippen molar-refractivity contribution in [2.45, 2.75) is 26.2 Å². The van der Waals surface area contributed by atoms with Crippen molar-refractivity contribution in [3.63, 3.8) is 0 Å². The average molecular weight is 318 g/mol. The molecule has 0 spiro atoms. The van der Waals surface area contributed by atoms with Gasteiger partial charge < -0.3 is 0 Å². The summed E-state index contributed by atoms with van der Waals surface area (Å²) in [5, 5.41) is 1.24. The number of allylic oxidation sites excluding steroid dienone is 1. The van der Waals surface area contributed by atoms with Crippen molar-refractivity contribution in [3.8, 4) is 0 Å². The van der Waals surface area contributed by atoms with Crippen LogP contribution < -0.4 is 0 Å². The standard InChI is InChI=1S/C21H18OS/c1-13(2)15-9-7-14(8-10-15)11-16-12-18-17-5-3-4-6-19(17)23-21(18)20(16)22/h3-11,13H,12H2,1-2H3/b16-11+. The second-order valence-electron chi connectivity index (χ2n) is 6.40. The van der Waals surface area contributed by atoms with Crippen LogP contribution in [0.5, 0.6) is 0 Å². The molecule has 1 heterocycles. The lowest BCUT2D eigenvalue weighted by molar-refractivity contribution is 0.104. The number of hydrogen-bond donors (Lipinski definition) is 0. The topological polar surface area (TPSA) is 17.1 Å². The number of benzene rings is 2. The maximum Gasteiger partial charge on any atom is 0.199 e. The number of carbonyl (C=O) groups excluding carboxylic acids is 1. The molecule has 4 rings (SSSR count). The minimum atomic E-state index is 0.203. The second kappa shape index (κ2) is 5.47. The van der Waals surface area contributed by atoms with Gasteiger partial charge in [0.2, 0.25) is 0 Å². The number of fused-ring (bicyclic) bond motifs is 3. The van der Waals surface area contributed by atoms with Gasteiger partial charge in [0.25, 0.3) is 0 Å². The summed E-state index contributed by atoms with van der Waals surface area (Å²) in [6.45, 7) is 4.38. The van der Waals surface area contributed by atoms with Crippen molar-refractivity contribution in [1.29, 1.82) is 0 Å². The van der Waals surface area contributed by atoms with Crippen LogP contribution in [0.25, 0.3) is 16.2 Å². The molecule has 0 fully saturated rings. The summed E-state index contributed by atoms with van der Waals surface area (Å²) < 4.78 is 1.21. The van der Waals surface area contributed by atoms with Crippen molar-refractivity contribution < 1.29 is 4.79 Å². The van der Waals surface area contributed by atoms with Crippen molar-refractivity contribution in [2.75, 3.05) is 0 Å². The SMILES string of the molecule is CC(C)c1ccc(/C=C2\Cc3c(sc4ccccc34)C2=O)cc1. The van der Waals surface area contributed by atoms with Gasteiger partial charge in [-0.15, -0.1) is 11.3 Å². The van der Waals surface area contributed by atoms with Crippen LogP contribution in [0.2, 0.25) is 0 Å². The van der Waals surface area contributed by atoms with Crippen molar-refractivity contribution in [2.24, 2.45) is 0 Å². The number of thiophene rings is 1. The maximum atomic E-state index is 12.7. The van der Waals surface area contributed by atoms with Crippen LogP contribution in [-0.4, -0.2) is 5.78 Å². The predicted molar refractivity (Wildman–Crippen MR) is 98.4 cm³/mol. The first kappa shape index (κ1) is 14.4. The Morgan fingerprint density at radius 1 is 1.04 bits per heavy atom. The third-order valence-electron chi connectivity index (χ3n) is 4.51. The van der Waals surface area contributed by atoms with Crippen molar-refractivity contribution in [3.05, 3.63) is 75.7 Å². The van der Waals surface area contributed by atoms with Gasteiger partial charge in [-0.3, -0.25) is 4.79 Å². The molecule has 23 heavy (non-hydrogen) atoms. The lowest BCUT2D eigenvalue weighted by Crippen LogP contribution is -1.94. The molecule has 1 aliphatic carbocycles. The zero-order chi connectivity index (χ0) is 16.0. The molecule has 0 aliphatic heterocycles. The summed E-state index contributed by atoms with van der Waals surface area (Å²) in [7, 11) is 0. The lowest BCUT2D eigenvalue weighted by Gasteiger charge is -2.05. The van der Waals surface area contributed by atoms with E-state index in [1.165, 1.54) is 21.2 Å². The Morgan fingerprint density at radius 2 is 1.78 bits per heavy atom. The van der Waals surface area contributed by atoms with Crippen LogP contribution in [0, 0.1) is 0 Å². The summed E-state index contributed by atoms with van der Waals surface area (Å²) in [5.41, 5.74) is 4.56. The highest BCUT2D eigenvalue weighted by atomic mass is 32.1. The molecule has 0 bridgehead atoms. The Hall–Kier alpha value is -2.19. The third kappa shape index (κ3) is 2.43. The number of carbonyl (C=O) groups is 1. The highest BCUT2D eigenvalue weighted by Crippen LogP contribution is 2.39. The molecule has 0 saturated heterocycles. The van der Waals surface area contributed by atoms with Crippen LogP contribution in [0.3, 0.4) is 0 Å².